The number of hydrogen-bond acceptors (Lipinski definition) is 6. The highest BCUT2D eigenvalue weighted by molar-refractivity contribution is 7.90. The van der Waals surface area contributed by atoms with Gasteiger partial charge in [0.1, 0.15) is 6.07 Å². The minimum Gasteiger partial charge on any atom is -0.465 e. The highest BCUT2D eigenvalue weighted by Gasteiger charge is 2.31. The molecule has 0 radical (unpaired) electrons. The fourth-order valence-electron chi connectivity index (χ4n) is 3.44. The summed E-state index contributed by atoms with van der Waals surface area (Å²) >= 11 is 0. The van der Waals surface area contributed by atoms with Crippen LogP contribution >= 0.6 is 0 Å². The molecule has 0 bridgehead atoms. The van der Waals surface area contributed by atoms with E-state index < -0.39 is 16.1 Å². The van der Waals surface area contributed by atoms with Crippen LogP contribution in [0.2, 0.25) is 0 Å². The van der Waals surface area contributed by atoms with Crippen molar-refractivity contribution in [1.82, 2.24) is 14.3 Å². The molecule has 148 valence electrons. The second kappa shape index (κ2) is 7.10. The van der Waals surface area contributed by atoms with Crippen LogP contribution in [0.5, 0.6) is 0 Å². The number of carboxylic acid groups (broad SMARTS) is 1. The minimum atomic E-state index is -3.83. The van der Waals surface area contributed by atoms with E-state index in [2.05, 4.69) is 21.7 Å². The van der Waals surface area contributed by atoms with Crippen LogP contribution in [0, 0.1) is 11.3 Å². The molecule has 0 aliphatic heterocycles. The van der Waals surface area contributed by atoms with E-state index in [9.17, 15) is 18.5 Å². The molecular weight excluding hydrogens is 394 g/mol. The molecule has 2 heterocycles. The number of pyridine rings is 1. The second-order valence-corrected chi connectivity index (χ2v) is 8.60. The van der Waals surface area contributed by atoms with Crippen molar-refractivity contribution < 1.29 is 18.3 Å². The summed E-state index contributed by atoms with van der Waals surface area (Å²) in [6, 6.07) is 11.5. The van der Waals surface area contributed by atoms with Gasteiger partial charge in [-0.25, -0.2) is 22.2 Å². The number of carbonyl (C=O) groups is 1. The minimum absolute atomic E-state index is 0.0290. The quantitative estimate of drug-likeness (QED) is 0.586. The van der Waals surface area contributed by atoms with E-state index >= 15 is 0 Å². The number of benzene rings is 1. The normalized spacial score (nSPS) is 18.6. The van der Waals surface area contributed by atoms with Crippen molar-refractivity contribution >= 4 is 32.8 Å². The van der Waals surface area contributed by atoms with E-state index in [1.54, 1.807) is 24.3 Å². The lowest BCUT2D eigenvalue weighted by atomic mass is 9.86. The molecule has 1 amide bonds. The van der Waals surface area contributed by atoms with E-state index in [0.717, 1.165) is 3.97 Å². The average Bonchev–Trinajstić information content (AvgIpc) is 3.12. The van der Waals surface area contributed by atoms with Crippen LogP contribution in [0.15, 0.2) is 53.7 Å². The van der Waals surface area contributed by atoms with Gasteiger partial charge in [0, 0.05) is 29.9 Å². The largest absolute Gasteiger partial charge is 0.465 e. The third kappa shape index (κ3) is 3.36. The summed E-state index contributed by atoms with van der Waals surface area (Å²) < 4.78 is 27.1. The lowest BCUT2D eigenvalue weighted by Crippen LogP contribution is -2.49. The van der Waals surface area contributed by atoms with E-state index in [4.69, 9.17) is 5.11 Å². The summed E-state index contributed by atoms with van der Waals surface area (Å²) in [5.41, 5.74) is 1.01. The number of hydrogen-bond donors (Lipinski definition) is 3. The van der Waals surface area contributed by atoms with Crippen LogP contribution in [0.3, 0.4) is 0 Å². The maximum atomic E-state index is 13.0. The van der Waals surface area contributed by atoms with Gasteiger partial charge in [-0.15, -0.1) is 0 Å². The van der Waals surface area contributed by atoms with Gasteiger partial charge in [-0.3, -0.25) is 0 Å². The fourth-order valence-corrected chi connectivity index (χ4v) is 4.76. The highest BCUT2D eigenvalue weighted by atomic mass is 32.2. The van der Waals surface area contributed by atoms with Gasteiger partial charge in [-0.1, -0.05) is 18.2 Å². The number of rotatable bonds is 5. The van der Waals surface area contributed by atoms with E-state index in [0.29, 0.717) is 29.5 Å². The number of aromatic nitrogens is 2. The molecule has 3 N–H and O–H groups in total. The summed E-state index contributed by atoms with van der Waals surface area (Å²) in [6.07, 6.45) is 2.84. The number of amides is 1. The van der Waals surface area contributed by atoms with E-state index in [-0.39, 0.29) is 22.6 Å². The van der Waals surface area contributed by atoms with Gasteiger partial charge in [0.15, 0.2) is 5.65 Å². The molecule has 1 aliphatic rings. The lowest BCUT2D eigenvalue weighted by Gasteiger charge is -2.36. The SMILES string of the molecule is N#Cc1cnc2c(ccn2S(=O)(=O)c2ccccc2)c1NC1CC(NC(=O)O)C1. The fraction of sp³-hybridized carbons (Fsp3) is 0.211. The second-order valence-electron chi connectivity index (χ2n) is 6.78. The maximum absolute atomic E-state index is 13.0. The predicted molar refractivity (Wildman–Crippen MR) is 105 cm³/mol. The molecule has 0 unspecified atom stereocenters. The zero-order valence-electron chi connectivity index (χ0n) is 15.1. The lowest BCUT2D eigenvalue weighted by molar-refractivity contribution is 0.180. The molecule has 1 aromatic carbocycles. The van der Waals surface area contributed by atoms with Crippen LogP contribution in [-0.4, -0.2) is 40.7 Å². The van der Waals surface area contributed by atoms with Gasteiger partial charge in [0.2, 0.25) is 0 Å². The Labute approximate surface area is 166 Å². The zero-order valence-corrected chi connectivity index (χ0v) is 15.9. The number of nitriles is 1. The summed E-state index contributed by atoms with van der Waals surface area (Å²) in [5, 5.41) is 24.4. The molecule has 1 saturated carbocycles. The summed E-state index contributed by atoms with van der Waals surface area (Å²) in [6.45, 7) is 0. The monoisotopic (exact) mass is 411 g/mol. The van der Waals surface area contributed by atoms with Gasteiger partial charge in [-0.2, -0.15) is 5.26 Å². The first-order chi connectivity index (χ1) is 13.9. The first-order valence-electron chi connectivity index (χ1n) is 8.87. The molecular formula is C19H17N5O4S. The maximum Gasteiger partial charge on any atom is 0.404 e. The van der Waals surface area contributed by atoms with Crippen molar-refractivity contribution in [1.29, 1.82) is 5.26 Å². The molecule has 2 aromatic heterocycles. The van der Waals surface area contributed by atoms with Crippen LogP contribution < -0.4 is 10.6 Å². The van der Waals surface area contributed by atoms with Gasteiger partial charge in [0.05, 0.1) is 16.1 Å². The van der Waals surface area contributed by atoms with Crippen LogP contribution in [0.25, 0.3) is 11.0 Å². The van der Waals surface area contributed by atoms with E-state index in [1.165, 1.54) is 24.5 Å². The Kier molecular flexibility index (Phi) is 4.60. The molecule has 3 aromatic rings. The predicted octanol–water partition coefficient (Wildman–Crippen LogP) is 2.36. The van der Waals surface area contributed by atoms with Crippen molar-refractivity contribution in [2.75, 3.05) is 5.32 Å². The van der Waals surface area contributed by atoms with Crippen molar-refractivity contribution in [3.8, 4) is 6.07 Å². The molecule has 1 aliphatic carbocycles. The van der Waals surface area contributed by atoms with E-state index in [1.807, 2.05) is 0 Å². The van der Waals surface area contributed by atoms with Crippen LogP contribution in [-0.2, 0) is 10.0 Å². The number of nitrogens with one attached hydrogen (secondary N) is 2. The zero-order chi connectivity index (χ0) is 20.6. The summed E-state index contributed by atoms with van der Waals surface area (Å²) in [7, 11) is -3.83. The Bertz CT molecular complexity index is 1220. The third-order valence-electron chi connectivity index (χ3n) is 4.92. The van der Waals surface area contributed by atoms with Gasteiger partial charge >= 0.3 is 6.09 Å². The Hall–Kier alpha value is -3.58. The smallest absolute Gasteiger partial charge is 0.404 e. The molecule has 4 rings (SSSR count). The first-order valence-corrected chi connectivity index (χ1v) is 10.3. The van der Waals surface area contributed by atoms with Crippen LogP contribution in [0.4, 0.5) is 10.5 Å². The van der Waals surface area contributed by atoms with Crippen molar-refractivity contribution in [2.24, 2.45) is 0 Å². The Morgan fingerprint density at radius 1 is 1.21 bits per heavy atom. The van der Waals surface area contributed by atoms with Gasteiger partial charge < -0.3 is 15.7 Å². The Morgan fingerprint density at radius 3 is 2.59 bits per heavy atom. The molecule has 9 nitrogen and oxygen atoms in total. The van der Waals surface area contributed by atoms with Crippen molar-refractivity contribution in [3.63, 3.8) is 0 Å². The van der Waals surface area contributed by atoms with Crippen molar-refractivity contribution in [3.05, 3.63) is 54.4 Å². The number of fused-ring (bicyclic) bond motifs is 1. The molecule has 10 heteroatoms. The molecule has 1 fully saturated rings. The average molecular weight is 411 g/mol. The highest BCUT2D eigenvalue weighted by Crippen LogP contribution is 2.32. The third-order valence-corrected chi connectivity index (χ3v) is 6.60. The number of nitrogens with zero attached hydrogens (tertiary/aromatic N) is 3. The van der Waals surface area contributed by atoms with Crippen molar-refractivity contribution in [2.45, 2.75) is 29.8 Å². The van der Waals surface area contributed by atoms with Gasteiger partial charge in [0.25, 0.3) is 10.0 Å². The Morgan fingerprint density at radius 2 is 1.93 bits per heavy atom. The van der Waals surface area contributed by atoms with Crippen LogP contribution in [0.1, 0.15) is 18.4 Å². The topological polar surface area (TPSA) is 137 Å². The molecule has 0 spiro atoms. The number of anilines is 1. The van der Waals surface area contributed by atoms with Gasteiger partial charge in [-0.05, 0) is 31.0 Å². The first kappa shape index (κ1) is 18.8. The Balaban J connectivity index is 1.69. The molecule has 29 heavy (non-hydrogen) atoms. The molecule has 0 atom stereocenters. The molecule has 0 saturated heterocycles. The summed E-state index contributed by atoms with van der Waals surface area (Å²) in [4.78, 5) is 15.1. The standard InChI is InChI=1S/C19H17N5O4S/c20-10-12-11-21-18-16(17(12)22-13-8-14(9-13)23-19(25)26)6-7-24(18)29(27,28)15-4-2-1-3-5-15/h1-7,11,13-14,23H,8-9H2,(H,21,22)(H,25,26). The summed E-state index contributed by atoms with van der Waals surface area (Å²) in [5.74, 6) is 0.